The quantitative estimate of drug-likeness (QED) is 0.763. The van der Waals surface area contributed by atoms with Gasteiger partial charge in [0.2, 0.25) is 0 Å². The van der Waals surface area contributed by atoms with Crippen molar-refractivity contribution in [2.24, 2.45) is 0 Å². The first kappa shape index (κ1) is 12.0. The van der Waals surface area contributed by atoms with E-state index in [1.54, 1.807) is 4.90 Å². The van der Waals surface area contributed by atoms with Gasteiger partial charge >= 0.3 is 6.03 Å². The van der Waals surface area contributed by atoms with Crippen molar-refractivity contribution in [3.8, 4) is 0 Å². The van der Waals surface area contributed by atoms with E-state index in [4.69, 9.17) is 0 Å². The third-order valence-electron chi connectivity index (χ3n) is 2.29. The molecule has 0 fully saturated rings. The van der Waals surface area contributed by atoms with Crippen LogP contribution in [0.5, 0.6) is 0 Å². The molecule has 1 unspecified atom stereocenters. The Morgan fingerprint density at radius 2 is 2.07 bits per heavy atom. The van der Waals surface area contributed by atoms with Crippen LogP contribution in [0.25, 0.3) is 0 Å². The number of carbonyl (C=O) groups is 1. The zero-order valence-electron chi connectivity index (χ0n) is 8.93. The number of hydrogen-bond acceptors (Lipinski definition) is 3. The highest BCUT2D eigenvalue weighted by Gasteiger charge is 2.24. The van der Waals surface area contributed by atoms with Gasteiger partial charge in [-0.3, -0.25) is 0 Å². The largest absolute Gasteiger partial charge is 0.331 e. The Kier molecular flexibility index (Phi) is 3.73. The van der Waals surface area contributed by atoms with Gasteiger partial charge in [-0.15, -0.1) is 0 Å². The van der Waals surface area contributed by atoms with Crippen molar-refractivity contribution in [1.29, 1.82) is 0 Å². The maximum Gasteiger partial charge on any atom is 0.317 e. The van der Waals surface area contributed by atoms with E-state index in [2.05, 4.69) is 5.32 Å². The normalized spacial score (nSPS) is 22.7. The standard InChI is InChI=1S/C9H16N2O3S/c1-3-11(4-2)9(12)10-8-5-6-15(13,14)7-8/h5-6,8H,3-4,7H2,1-2H3,(H,10,12). The monoisotopic (exact) mass is 232 g/mol. The molecule has 0 aromatic carbocycles. The van der Waals surface area contributed by atoms with Crippen LogP contribution in [-0.4, -0.2) is 44.2 Å². The van der Waals surface area contributed by atoms with Gasteiger partial charge in [0, 0.05) is 18.5 Å². The molecule has 0 aliphatic carbocycles. The SMILES string of the molecule is CCN(CC)C(=O)NC1C=CS(=O)(=O)C1. The summed E-state index contributed by atoms with van der Waals surface area (Å²) in [6, 6.07) is -0.602. The number of hydrogen-bond donors (Lipinski definition) is 1. The molecule has 0 aromatic heterocycles. The molecule has 5 nitrogen and oxygen atoms in total. The number of nitrogens with zero attached hydrogens (tertiary/aromatic N) is 1. The second-order valence-electron chi connectivity index (χ2n) is 3.39. The minimum Gasteiger partial charge on any atom is -0.331 e. The number of nitrogens with one attached hydrogen (secondary N) is 1. The first-order valence-electron chi connectivity index (χ1n) is 4.95. The fourth-order valence-electron chi connectivity index (χ4n) is 1.43. The Morgan fingerprint density at radius 3 is 2.47 bits per heavy atom. The third-order valence-corrected chi connectivity index (χ3v) is 3.69. The van der Waals surface area contributed by atoms with E-state index in [1.165, 1.54) is 6.08 Å². The molecule has 6 heteroatoms. The van der Waals surface area contributed by atoms with Gasteiger partial charge in [-0.25, -0.2) is 13.2 Å². The second kappa shape index (κ2) is 4.65. The maximum atomic E-state index is 11.6. The fraction of sp³-hybridized carbons (Fsp3) is 0.667. The highest BCUT2D eigenvalue weighted by atomic mass is 32.2. The van der Waals surface area contributed by atoms with Gasteiger partial charge in [0.25, 0.3) is 0 Å². The molecule has 1 N–H and O–H groups in total. The molecular weight excluding hydrogens is 216 g/mol. The van der Waals surface area contributed by atoms with Crippen LogP contribution >= 0.6 is 0 Å². The van der Waals surface area contributed by atoms with Gasteiger partial charge in [0.15, 0.2) is 9.84 Å². The number of amides is 2. The Bertz CT molecular complexity index is 358. The van der Waals surface area contributed by atoms with Crippen LogP contribution in [0.15, 0.2) is 11.5 Å². The van der Waals surface area contributed by atoms with E-state index >= 15 is 0 Å². The molecule has 86 valence electrons. The van der Waals surface area contributed by atoms with Crippen molar-refractivity contribution in [2.45, 2.75) is 19.9 Å². The molecule has 1 aliphatic rings. The number of rotatable bonds is 3. The Morgan fingerprint density at radius 1 is 1.47 bits per heavy atom. The summed E-state index contributed by atoms with van der Waals surface area (Å²) in [6.45, 7) is 4.99. The lowest BCUT2D eigenvalue weighted by Gasteiger charge is -2.21. The lowest BCUT2D eigenvalue weighted by Crippen LogP contribution is -2.45. The molecule has 0 saturated carbocycles. The molecule has 1 rings (SSSR count). The van der Waals surface area contributed by atoms with E-state index in [0.29, 0.717) is 13.1 Å². The van der Waals surface area contributed by atoms with Gasteiger partial charge in [0.1, 0.15) is 0 Å². The molecule has 1 atom stereocenters. The molecule has 0 spiro atoms. The molecule has 1 aliphatic heterocycles. The molecule has 0 aromatic rings. The molecule has 0 saturated heterocycles. The molecule has 0 radical (unpaired) electrons. The van der Waals surface area contributed by atoms with Crippen molar-refractivity contribution in [3.05, 3.63) is 11.5 Å². The molecule has 15 heavy (non-hydrogen) atoms. The minimum atomic E-state index is -3.09. The summed E-state index contributed by atoms with van der Waals surface area (Å²) in [5, 5.41) is 3.81. The van der Waals surface area contributed by atoms with E-state index in [9.17, 15) is 13.2 Å². The summed E-state index contributed by atoms with van der Waals surface area (Å²) < 4.78 is 22.2. The van der Waals surface area contributed by atoms with Crippen LogP contribution in [0, 0.1) is 0 Å². The van der Waals surface area contributed by atoms with Gasteiger partial charge in [-0.2, -0.15) is 0 Å². The Labute approximate surface area is 90.1 Å². The average Bonchev–Trinajstić information content (AvgIpc) is 2.47. The van der Waals surface area contributed by atoms with Crippen molar-refractivity contribution in [3.63, 3.8) is 0 Å². The van der Waals surface area contributed by atoms with Crippen LogP contribution in [-0.2, 0) is 9.84 Å². The highest BCUT2D eigenvalue weighted by molar-refractivity contribution is 7.94. The average molecular weight is 232 g/mol. The van der Waals surface area contributed by atoms with Crippen molar-refractivity contribution in [2.75, 3.05) is 18.8 Å². The number of urea groups is 1. The van der Waals surface area contributed by atoms with Gasteiger partial charge in [0.05, 0.1) is 11.8 Å². The first-order valence-corrected chi connectivity index (χ1v) is 6.66. The number of carbonyl (C=O) groups excluding carboxylic acids is 1. The Hall–Kier alpha value is -1.04. The van der Waals surface area contributed by atoms with E-state index in [1.807, 2.05) is 13.8 Å². The van der Waals surface area contributed by atoms with Crippen molar-refractivity contribution in [1.82, 2.24) is 10.2 Å². The number of sulfone groups is 1. The van der Waals surface area contributed by atoms with Crippen LogP contribution in [0.2, 0.25) is 0 Å². The first-order chi connectivity index (χ1) is 6.98. The molecule has 0 bridgehead atoms. The topological polar surface area (TPSA) is 66.5 Å². The van der Waals surface area contributed by atoms with Crippen molar-refractivity contribution >= 4 is 15.9 Å². The predicted molar refractivity (Wildman–Crippen MR) is 58.2 cm³/mol. The van der Waals surface area contributed by atoms with Gasteiger partial charge in [-0.05, 0) is 19.9 Å². The van der Waals surface area contributed by atoms with Crippen LogP contribution in [0.1, 0.15) is 13.8 Å². The van der Waals surface area contributed by atoms with Gasteiger partial charge < -0.3 is 10.2 Å². The smallest absolute Gasteiger partial charge is 0.317 e. The summed E-state index contributed by atoms with van der Waals surface area (Å²) in [5.74, 6) is -0.0278. The maximum absolute atomic E-state index is 11.6. The minimum absolute atomic E-state index is 0.0278. The van der Waals surface area contributed by atoms with E-state index < -0.39 is 9.84 Å². The lowest BCUT2D eigenvalue weighted by atomic mass is 10.3. The van der Waals surface area contributed by atoms with Crippen molar-refractivity contribution < 1.29 is 13.2 Å². The summed E-state index contributed by atoms with van der Waals surface area (Å²) in [5.41, 5.74) is 0. The molecule has 1 heterocycles. The summed E-state index contributed by atoms with van der Waals surface area (Å²) in [4.78, 5) is 13.2. The molecule has 2 amide bonds. The van der Waals surface area contributed by atoms with E-state index in [-0.39, 0.29) is 17.8 Å². The zero-order valence-corrected chi connectivity index (χ0v) is 9.75. The zero-order chi connectivity index (χ0) is 11.5. The summed E-state index contributed by atoms with van der Waals surface area (Å²) >= 11 is 0. The summed E-state index contributed by atoms with van der Waals surface area (Å²) in [7, 11) is -3.09. The van der Waals surface area contributed by atoms with E-state index in [0.717, 1.165) is 5.41 Å². The lowest BCUT2D eigenvalue weighted by molar-refractivity contribution is 0.202. The molecular formula is C9H16N2O3S. The third kappa shape index (κ3) is 3.23. The Balaban J connectivity index is 2.51. The predicted octanol–water partition coefficient (Wildman–Crippen LogP) is 0.349. The fourth-order valence-corrected chi connectivity index (χ4v) is 2.66. The summed E-state index contributed by atoms with van der Waals surface area (Å²) in [6.07, 6.45) is 1.51. The second-order valence-corrected chi connectivity index (χ2v) is 5.32. The van der Waals surface area contributed by atoms with Crippen LogP contribution < -0.4 is 5.32 Å². The van der Waals surface area contributed by atoms with Crippen LogP contribution in [0.4, 0.5) is 4.79 Å². The van der Waals surface area contributed by atoms with Crippen LogP contribution in [0.3, 0.4) is 0 Å². The highest BCUT2D eigenvalue weighted by Crippen LogP contribution is 2.08. The van der Waals surface area contributed by atoms with Gasteiger partial charge in [-0.1, -0.05) is 0 Å².